The molecule has 6 nitrogen and oxygen atoms in total. The minimum atomic E-state index is -3.27. The lowest BCUT2D eigenvalue weighted by Gasteiger charge is -2.23. The first kappa shape index (κ1) is 17.7. The van der Waals surface area contributed by atoms with E-state index in [1.807, 2.05) is 18.2 Å². The summed E-state index contributed by atoms with van der Waals surface area (Å²) in [7, 11) is -3.27. The highest BCUT2D eigenvalue weighted by atomic mass is 32.2. The summed E-state index contributed by atoms with van der Waals surface area (Å²) in [6, 6.07) is 11.3. The van der Waals surface area contributed by atoms with Gasteiger partial charge < -0.3 is 9.67 Å². The maximum absolute atomic E-state index is 11.6. The fourth-order valence-electron chi connectivity index (χ4n) is 3.86. The summed E-state index contributed by atoms with van der Waals surface area (Å²) in [5.41, 5.74) is 4.14. The van der Waals surface area contributed by atoms with E-state index in [9.17, 15) is 18.3 Å². The molecule has 3 aromatic rings. The second kappa shape index (κ2) is 6.49. The number of hydrogen-bond acceptors (Lipinski definition) is 4. The molecule has 1 N–H and O–H groups in total. The average Bonchev–Trinajstić information content (AvgIpc) is 2.95. The van der Waals surface area contributed by atoms with Crippen LogP contribution >= 0.6 is 0 Å². The van der Waals surface area contributed by atoms with Gasteiger partial charge in [0.2, 0.25) is 0 Å². The van der Waals surface area contributed by atoms with Crippen LogP contribution in [-0.4, -0.2) is 35.3 Å². The van der Waals surface area contributed by atoms with Crippen molar-refractivity contribution >= 4 is 26.7 Å². The number of carbonyl (C=O) groups is 1. The molecule has 0 radical (unpaired) electrons. The third kappa shape index (κ3) is 3.23. The summed E-state index contributed by atoms with van der Waals surface area (Å²) >= 11 is 0. The SMILES string of the molecule is CS(=O)(=O)c1ccc(Cc2c3n(c4ccccc24)CC(C(=O)O)CC3)nc1. The summed E-state index contributed by atoms with van der Waals surface area (Å²) in [4.78, 5) is 16.0. The maximum atomic E-state index is 11.6. The molecule has 1 aromatic carbocycles. The lowest BCUT2D eigenvalue weighted by atomic mass is 9.95. The Kier molecular flexibility index (Phi) is 4.26. The van der Waals surface area contributed by atoms with E-state index >= 15 is 0 Å². The zero-order chi connectivity index (χ0) is 19.2. The van der Waals surface area contributed by atoms with Gasteiger partial charge in [-0.15, -0.1) is 0 Å². The first-order chi connectivity index (χ1) is 12.8. The van der Waals surface area contributed by atoms with Crippen molar-refractivity contribution in [1.29, 1.82) is 0 Å². The topological polar surface area (TPSA) is 89.3 Å². The third-order valence-corrected chi connectivity index (χ3v) is 6.36. The van der Waals surface area contributed by atoms with Crippen LogP contribution in [-0.2, 0) is 34.0 Å². The van der Waals surface area contributed by atoms with Gasteiger partial charge in [-0.1, -0.05) is 18.2 Å². The zero-order valence-corrected chi connectivity index (χ0v) is 15.7. The van der Waals surface area contributed by atoms with Crippen LogP contribution in [0.3, 0.4) is 0 Å². The molecule has 1 aliphatic rings. The van der Waals surface area contributed by atoms with Crippen LogP contribution in [0.15, 0.2) is 47.5 Å². The Labute approximate surface area is 157 Å². The van der Waals surface area contributed by atoms with Gasteiger partial charge >= 0.3 is 5.97 Å². The number of fused-ring (bicyclic) bond motifs is 3. The summed E-state index contributed by atoms with van der Waals surface area (Å²) in [6.07, 6.45) is 4.49. The van der Waals surface area contributed by atoms with Gasteiger partial charge in [-0.3, -0.25) is 9.78 Å². The molecule has 2 aromatic heterocycles. The van der Waals surface area contributed by atoms with Crippen molar-refractivity contribution in [2.24, 2.45) is 5.92 Å². The highest BCUT2D eigenvalue weighted by Crippen LogP contribution is 2.33. The van der Waals surface area contributed by atoms with E-state index in [0.717, 1.165) is 27.9 Å². The first-order valence-electron chi connectivity index (χ1n) is 8.81. The number of aliphatic carboxylic acids is 1. The van der Waals surface area contributed by atoms with Crippen molar-refractivity contribution in [2.45, 2.75) is 30.7 Å². The first-order valence-corrected chi connectivity index (χ1v) is 10.7. The average molecular weight is 384 g/mol. The van der Waals surface area contributed by atoms with E-state index in [-0.39, 0.29) is 10.8 Å². The van der Waals surface area contributed by atoms with Gasteiger partial charge in [0.25, 0.3) is 0 Å². The molecular weight excluding hydrogens is 364 g/mol. The predicted octanol–water partition coefficient (Wildman–Crippen LogP) is 2.68. The third-order valence-electron chi connectivity index (χ3n) is 5.26. The Morgan fingerprint density at radius 1 is 1.26 bits per heavy atom. The Morgan fingerprint density at radius 3 is 2.70 bits per heavy atom. The van der Waals surface area contributed by atoms with Gasteiger partial charge in [-0.25, -0.2) is 8.42 Å². The normalized spacial score (nSPS) is 17.0. The monoisotopic (exact) mass is 384 g/mol. The number of hydrogen-bond donors (Lipinski definition) is 1. The van der Waals surface area contributed by atoms with Crippen molar-refractivity contribution in [3.05, 3.63) is 59.5 Å². The Balaban J connectivity index is 1.76. The van der Waals surface area contributed by atoms with E-state index in [1.54, 1.807) is 12.1 Å². The second-order valence-electron chi connectivity index (χ2n) is 7.06. The smallest absolute Gasteiger partial charge is 0.308 e. The van der Waals surface area contributed by atoms with Crippen molar-refractivity contribution in [3.63, 3.8) is 0 Å². The quantitative estimate of drug-likeness (QED) is 0.747. The van der Waals surface area contributed by atoms with E-state index in [1.165, 1.54) is 12.5 Å². The van der Waals surface area contributed by atoms with Gasteiger partial charge in [0, 0.05) is 47.7 Å². The number of aromatic nitrogens is 2. The largest absolute Gasteiger partial charge is 0.481 e. The van der Waals surface area contributed by atoms with Crippen LogP contribution in [0.25, 0.3) is 10.9 Å². The maximum Gasteiger partial charge on any atom is 0.308 e. The van der Waals surface area contributed by atoms with Gasteiger partial charge in [0.1, 0.15) is 0 Å². The number of pyridine rings is 1. The molecule has 27 heavy (non-hydrogen) atoms. The number of rotatable bonds is 4. The highest BCUT2D eigenvalue weighted by molar-refractivity contribution is 7.90. The zero-order valence-electron chi connectivity index (χ0n) is 14.9. The molecule has 1 aliphatic heterocycles. The van der Waals surface area contributed by atoms with E-state index in [0.29, 0.717) is 25.8 Å². The lowest BCUT2D eigenvalue weighted by Crippen LogP contribution is -2.26. The lowest BCUT2D eigenvalue weighted by molar-refractivity contribution is -0.142. The number of para-hydroxylation sites is 1. The van der Waals surface area contributed by atoms with Crippen LogP contribution < -0.4 is 0 Å². The molecule has 1 unspecified atom stereocenters. The summed E-state index contributed by atoms with van der Waals surface area (Å²) in [5, 5.41) is 10.5. The molecule has 3 heterocycles. The van der Waals surface area contributed by atoms with Gasteiger partial charge in [0.05, 0.1) is 10.8 Å². The van der Waals surface area contributed by atoms with Gasteiger partial charge in [-0.05, 0) is 36.6 Å². The highest BCUT2D eigenvalue weighted by Gasteiger charge is 2.28. The van der Waals surface area contributed by atoms with Crippen LogP contribution in [0, 0.1) is 5.92 Å². The predicted molar refractivity (Wildman–Crippen MR) is 102 cm³/mol. The molecule has 0 saturated heterocycles. The number of carboxylic acids is 1. The Hall–Kier alpha value is -2.67. The van der Waals surface area contributed by atoms with E-state index in [4.69, 9.17) is 0 Å². The van der Waals surface area contributed by atoms with Crippen LogP contribution in [0.4, 0.5) is 0 Å². The number of benzene rings is 1. The fourth-order valence-corrected chi connectivity index (χ4v) is 4.42. The molecule has 0 spiro atoms. The van der Waals surface area contributed by atoms with Gasteiger partial charge in [-0.2, -0.15) is 0 Å². The molecule has 4 rings (SSSR count). The minimum absolute atomic E-state index is 0.208. The van der Waals surface area contributed by atoms with E-state index in [2.05, 4.69) is 15.6 Å². The molecule has 0 saturated carbocycles. The Morgan fingerprint density at radius 2 is 2.04 bits per heavy atom. The molecule has 0 amide bonds. The van der Waals surface area contributed by atoms with Gasteiger partial charge in [0.15, 0.2) is 9.84 Å². The molecule has 0 aliphatic carbocycles. The second-order valence-corrected chi connectivity index (χ2v) is 9.08. The molecule has 0 fully saturated rings. The van der Waals surface area contributed by atoms with Crippen LogP contribution in [0.5, 0.6) is 0 Å². The fraction of sp³-hybridized carbons (Fsp3) is 0.300. The number of sulfone groups is 1. The summed E-state index contributed by atoms with van der Waals surface area (Å²) < 4.78 is 25.4. The molecule has 140 valence electrons. The number of carboxylic acid groups (broad SMARTS) is 1. The summed E-state index contributed by atoms with van der Waals surface area (Å²) in [5.74, 6) is -1.12. The summed E-state index contributed by atoms with van der Waals surface area (Å²) in [6.45, 7) is 0.478. The minimum Gasteiger partial charge on any atom is -0.481 e. The van der Waals surface area contributed by atoms with Crippen molar-refractivity contribution in [3.8, 4) is 0 Å². The molecule has 0 bridgehead atoms. The van der Waals surface area contributed by atoms with Crippen LogP contribution in [0.1, 0.15) is 23.4 Å². The molecular formula is C20H20N2O4S. The molecule has 1 atom stereocenters. The molecule has 7 heteroatoms. The van der Waals surface area contributed by atoms with Crippen molar-refractivity contribution < 1.29 is 18.3 Å². The number of nitrogens with zero attached hydrogens (tertiary/aromatic N) is 2. The standard InChI is InChI=1S/C20H20N2O4S/c1-27(25,26)15-8-7-14(21-11-15)10-17-16-4-2-3-5-18(16)22-12-13(20(23)24)6-9-19(17)22/h2-5,7-8,11,13H,6,9-10,12H2,1H3,(H,23,24). The van der Waals surface area contributed by atoms with Crippen LogP contribution in [0.2, 0.25) is 0 Å². The van der Waals surface area contributed by atoms with E-state index < -0.39 is 15.8 Å². The van der Waals surface area contributed by atoms with Crippen molar-refractivity contribution in [1.82, 2.24) is 9.55 Å². The van der Waals surface area contributed by atoms with Crippen molar-refractivity contribution in [2.75, 3.05) is 6.26 Å². The Bertz CT molecular complexity index is 1130.